The summed E-state index contributed by atoms with van der Waals surface area (Å²) >= 11 is 0. The van der Waals surface area contributed by atoms with Gasteiger partial charge in [-0.1, -0.05) is 12.1 Å². The molecule has 0 spiro atoms. The van der Waals surface area contributed by atoms with Crippen molar-refractivity contribution in [2.24, 2.45) is 5.92 Å². The van der Waals surface area contributed by atoms with Crippen LogP contribution in [0, 0.1) is 5.92 Å². The molecule has 0 aliphatic carbocycles. The van der Waals surface area contributed by atoms with Gasteiger partial charge >= 0.3 is 5.97 Å². The third-order valence-corrected chi connectivity index (χ3v) is 4.25. The third-order valence-electron chi connectivity index (χ3n) is 4.25. The van der Waals surface area contributed by atoms with Crippen molar-refractivity contribution in [3.8, 4) is 5.75 Å². The Hall–Kier alpha value is -1.59. The average Bonchev–Trinajstić information content (AvgIpc) is 2.73. The summed E-state index contributed by atoms with van der Waals surface area (Å²) in [4.78, 5) is 17.9. The van der Waals surface area contributed by atoms with Crippen LogP contribution in [0.1, 0.15) is 31.4 Å². The normalized spacial score (nSPS) is 31.0. The predicted molar refractivity (Wildman–Crippen MR) is 76.7 cm³/mol. The summed E-state index contributed by atoms with van der Waals surface area (Å²) < 4.78 is 10.3. The molecule has 5 heteroatoms. The lowest BCUT2D eigenvalue weighted by molar-refractivity contribution is -0.188. The number of ether oxygens (including phenoxy) is 2. The summed E-state index contributed by atoms with van der Waals surface area (Å²) in [5, 5.41) is 1.94. The lowest BCUT2D eigenvalue weighted by atomic mass is 9.83. The highest BCUT2D eigenvalue weighted by Crippen LogP contribution is 2.45. The Balaban J connectivity index is 1.83. The minimum absolute atomic E-state index is 0.124. The number of benzene rings is 1. The molecular weight excluding hydrogens is 270 g/mol. The lowest BCUT2D eigenvalue weighted by Gasteiger charge is -2.30. The second kappa shape index (κ2) is 6.03. The zero-order valence-electron chi connectivity index (χ0n) is 12.5. The Kier molecular flexibility index (Phi) is 4.12. The number of carbonyl (C=O) groups excluding carboxylic acids is 1. The van der Waals surface area contributed by atoms with E-state index in [-0.39, 0.29) is 17.9 Å². The number of esters is 1. The Bertz CT molecular complexity index is 502. The number of hydroxylamine groups is 2. The van der Waals surface area contributed by atoms with E-state index in [4.69, 9.17) is 14.3 Å². The summed E-state index contributed by atoms with van der Waals surface area (Å²) in [5.74, 6) is 0.747. The van der Waals surface area contributed by atoms with E-state index < -0.39 is 6.10 Å². The van der Waals surface area contributed by atoms with E-state index >= 15 is 0 Å². The first-order chi connectivity index (χ1) is 10.2. The van der Waals surface area contributed by atoms with E-state index in [9.17, 15) is 4.79 Å². The van der Waals surface area contributed by atoms with E-state index in [0.717, 1.165) is 30.7 Å². The molecule has 2 aliphatic heterocycles. The number of hydrogen-bond donors (Lipinski definition) is 0. The van der Waals surface area contributed by atoms with Crippen LogP contribution < -0.4 is 4.74 Å². The fraction of sp³-hybridized carbons (Fsp3) is 0.562. The molecule has 0 aromatic heterocycles. The Morgan fingerprint density at radius 3 is 2.81 bits per heavy atom. The minimum atomic E-state index is -0.473. The van der Waals surface area contributed by atoms with Crippen molar-refractivity contribution in [2.45, 2.75) is 31.9 Å². The van der Waals surface area contributed by atoms with Crippen molar-refractivity contribution in [1.82, 2.24) is 5.06 Å². The van der Waals surface area contributed by atoms with E-state index in [1.165, 1.54) is 0 Å². The highest BCUT2D eigenvalue weighted by molar-refractivity contribution is 5.75. The van der Waals surface area contributed by atoms with Crippen LogP contribution >= 0.6 is 0 Å². The van der Waals surface area contributed by atoms with Crippen molar-refractivity contribution in [2.75, 3.05) is 20.3 Å². The molecule has 0 amide bonds. The van der Waals surface area contributed by atoms with Gasteiger partial charge in [0.05, 0.1) is 19.8 Å². The number of rotatable bonds is 4. The quantitative estimate of drug-likeness (QED) is 0.797. The number of hydrogen-bond acceptors (Lipinski definition) is 5. The number of methoxy groups -OCH3 is 1. The van der Waals surface area contributed by atoms with E-state index in [0.29, 0.717) is 6.61 Å². The first-order valence-electron chi connectivity index (χ1n) is 7.48. The van der Waals surface area contributed by atoms with Crippen LogP contribution in [0.3, 0.4) is 0 Å². The first-order valence-corrected chi connectivity index (χ1v) is 7.48. The van der Waals surface area contributed by atoms with Gasteiger partial charge in [0.1, 0.15) is 5.75 Å². The molecular formula is C16H21NO4. The molecule has 0 N–H and O–H groups in total. The summed E-state index contributed by atoms with van der Waals surface area (Å²) in [6.07, 6.45) is 1.56. The molecule has 1 aromatic rings. The molecule has 4 atom stereocenters. The van der Waals surface area contributed by atoms with Gasteiger partial charge in [0.2, 0.25) is 0 Å². The van der Waals surface area contributed by atoms with Crippen LogP contribution in [0.15, 0.2) is 24.3 Å². The Morgan fingerprint density at radius 2 is 2.14 bits per heavy atom. The monoisotopic (exact) mass is 291 g/mol. The summed E-state index contributed by atoms with van der Waals surface area (Å²) in [6, 6.07) is 8.12. The number of piperidine rings is 1. The van der Waals surface area contributed by atoms with Crippen molar-refractivity contribution in [1.29, 1.82) is 0 Å². The van der Waals surface area contributed by atoms with Gasteiger partial charge < -0.3 is 9.47 Å². The van der Waals surface area contributed by atoms with E-state index in [1.807, 2.05) is 36.3 Å². The van der Waals surface area contributed by atoms with Gasteiger partial charge in [-0.05, 0) is 37.5 Å². The summed E-state index contributed by atoms with van der Waals surface area (Å²) in [7, 11) is 1.66. The summed E-state index contributed by atoms with van der Waals surface area (Å²) in [5.41, 5.74) is 1.16. The SMILES string of the molecule is CCOC(=O)[C@@H]1ON2CCC[C@H]1[C@H]2c1ccc(OC)cc1. The van der Waals surface area contributed by atoms with Gasteiger partial charge in [-0.25, -0.2) is 4.79 Å². The maximum Gasteiger partial charge on any atom is 0.337 e. The molecule has 1 unspecified atom stereocenters. The summed E-state index contributed by atoms with van der Waals surface area (Å²) in [6.45, 7) is 3.06. The topological polar surface area (TPSA) is 48.0 Å². The molecule has 3 rings (SSSR count). The molecule has 0 radical (unpaired) electrons. The fourth-order valence-electron chi connectivity index (χ4n) is 3.31. The van der Waals surface area contributed by atoms with Crippen LogP contribution in [0.2, 0.25) is 0 Å². The van der Waals surface area contributed by atoms with Crippen LogP contribution in [0.25, 0.3) is 0 Å². The van der Waals surface area contributed by atoms with Crippen LogP contribution in [0.5, 0.6) is 5.75 Å². The average molecular weight is 291 g/mol. The predicted octanol–water partition coefficient (Wildman–Crippen LogP) is 2.33. The largest absolute Gasteiger partial charge is 0.497 e. The number of fused-ring (bicyclic) bond motifs is 2. The molecule has 2 aliphatic rings. The van der Waals surface area contributed by atoms with Gasteiger partial charge in [0.25, 0.3) is 0 Å². The molecule has 2 heterocycles. The zero-order valence-corrected chi connectivity index (χ0v) is 12.5. The first kappa shape index (κ1) is 14.4. The minimum Gasteiger partial charge on any atom is -0.497 e. The van der Waals surface area contributed by atoms with Crippen LogP contribution in [-0.2, 0) is 14.4 Å². The Labute approximate surface area is 124 Å². The molecule has 1 aromatic carbocycles. The highest BCUT2D eigenvalue weighted by Gasteiger charge is 2.50. The Morgan fingerprint density at radius 1 is 1.38 bits per heavy atom. The van der Waals surface area contributed by atoms with Crippen molar-refractivity contribution in [3.05, 3.63) is 29.8 Å². The standard InChI is InChI=1S/C16H21NO4/c1-3-20-16(18)15-13-5-4-10-17(21-15)14(13)11-6-8-12(19-2)9-7-11/h6-9,13-15H,3-5,10H2,1-2H3/t13-,14+,15+/m0/s1. The fourth-order valence-corrected chi connectivity index (χ4v) is 3.31. The second-order valence-corrected chi connectivity index (χ2v) is 5.44. The van der Waals surface area contributed by atoms with Gasteiger partial charge in [-0.15, -0.1) is 0 Å². The smallest absolute Gasteiger partial charge is 0.337 e. The van der Waals surface area contributed by atoms with Gasteiger partial charge in [0, 0.05) is 12.5 Å². The molecule has 2 saturated heterocycles. The molecule has 2 bridgehead atoms. The molecule has 114 valence electrons. The van der Waals surface area contributed by atoms with E-state index in [2.05, 4.69) is 0 Å². The second-order valence-electron chi connectivity index (χ2n) is 5.44. The number of carbonyl (C=O) groups is 1. The molecule has 0 saturated carbocycles. The molecule has 2 fully saturated rings. The number of nitrogens with zero attached hydrogens (tertiary/aromatic N) is 1. The third kappa shape index (κ3) is 2.63. The van der Waals surface area contributed by atoms with Crippen molar-refractivity contribution < 1.29 is 19.1 Å². The molecule has 5 nitrogen and oxygen atoms in total. The van der Waals surface area contributed by atoms with Crippen LogP contribution in [0.4, 0.5) is 0 Å². The maximum atomic E-state index is 12.1. The molecule has 21 heavy (non-hydrogen) atoms. The zero-order chi connectivity index (χ0) is 14.8. The highest BCUT2D eigenvalue weighted by atomic mass is 16.7. The maximum absolute atomic E-state index is 12.1. The van der Waals surface area contributed by atoms with Gasteiger partial charge in [-0.3, -0.25) is 4.84 Å². The van der Waals surface area contributed by atoms with Gasteiger partial charge in [0.15, 0.2) is 6.10 Å². The van der Waals surface area contributed by atoms with Crippen molar-refractivity contribution in [3.63, 3.8) is 0 Å². The van der Waals surface area contributed by atoms with Crippen LogP contribution in [-0.4, -0.2) is 37.4 Å². The van der Waals surface area contributed by atoms with E-state index in [1.54, 1.807) is 7.11 Å². The van der Waals surface area contributed by atoms with Crippen molar-refractivity contribution >= 4 is 5.97 Å². The van der Waals surface area contributed by atoms with Gasteiger partial charge in [-0.2, -0.15) is 5.06 Å². The lowest BCUT2D eigenvalue weighted by Crippen LogP contribution is -2.32.